The van der Waals surface area contributed by atoms with E-state index in [9.17, 15) is 9.59 Å². The minimum atomic E-state index is -0.895. The predicted octanol–water partition coefficient (Wildman–Crippen LogP) is 5.76. The Kier molecular flexibility index (Phi) is 6.43. The van der Waals surface area contributed by atoms with Crippen LogP contribution in [0.2, 0.25) is 5.02 Å². The molecule has 30 heavy (non-hydrogen) atoms. The summed E-state index contributed by atoms with van der Waals surface area (Å²) in [6.45, 7) is 3.80. The molecule has 0 bridgehead atoms. The number of carboxylic acid groups (broad SMARTS) is 1. The van der Waals surface area contributed by atoms with Gasteiger partial charge in [0.1, 0.15) is 17.3 Å². The van der Waals surface area contributed by atoms with Crippen LogP contribution in [0.4, 0.5) is 0 Å². The van der Waals surface area contributed by atoms with E-state index in [1.54, 1.807) is 30.3 Å². The van der Waals surface area contributed by atoms with Gasteiger partial charge < -0.3 is 19.0 Å². The molecule has 1 heterocycles. The van der Waals surface area contributed by atoms with Crippen LogP contribution in [0.1, 0.15) is 20.3 Å². The van der Waals surface area contributed by atoms with Crippen molar-refractivity contribution in [3.8, 4) is 22.8 Å². The highest BCUT2D eigenvalue weighted by atomic mass is 79.9. The molecule has 3 rings (SSSR count). The zero-order chi connectivity index (χ0) is 22.1. The van der Waals surface area contributed by atoms with Gasteiger partial charge in [-0.15, -0.1) is 0 Å². The molecule has 0 aliphatic carbocycles. The molecular weight excluding hydrogens is 476 g/mol. The lowest BCUT2D eigenvalue weighted by Gasteiger charge is -2.23. The van der Waals surface area contributed by atoms with Crippen LogP contribution in [-0.2, 0) is 4.79 Å². The van der Waals surface area contributed by atoms with Crippen LogP contribution in [0.5, 0.6) is 11.5 Å². The molecule has 2 aromatic carbocycles. The van der Waals surface area contributed by atoms with Gasteiger partial charge in [0.05, 0.1) is 40.6 Å². The number of para-hydroxylation sites is 1. The van der Waals surface area contributed by atoms with E-state index in [0.29, 0.717) is 31.9 Å². The summed E-state index contributed by atoms with van der Waals surface area (Å²) in [5, 5.41) is 9.77. The zero-order valence-electron chi connectivity index (χ0n) is 16.6. The van der Waals surface area contributed by atoms with Crippen LogP contribution in [0, 0.1) is 5.41 Å². The number of aliphatic carboxylic acids is 1. The smallest absolute Gasteiger partial charge is 0.304 e. The summed E-state index contributed by atoms with van der Waals surface area (Å²) in [7, 11) is 1.51. The molecule has 0 radical (unpaired) electrons. The number of fused-ring (bicyclic) bond motifs is 1. The highest BCUT2D eigenvalue weighted by Gasteiger charge is 2.24. The van der Waals surface area contributed by atoms with Crippen LogP contribution in [-0.4, -0.2) is 24.8 Å². The van der Waals surface area contributed by atoms with Gasteiger partial charge in [-0.1, -0.05) is 31.5 Å². The van der Waals surface area contributed by atoms with Crippen molar-refractivity contribution in [3.05, 3.63) is 56.1 Å². The number of benzene rings is 2. The maximum Gasteiger partial charge on any atom is 0.304 e. The lowest BCUT2D eigenvalue weighted by Crippen LogP contribution is -2.24. The molecule has 0 aliphatic rings. The molecule has 0 spiro atoms. The Morgan fingerprint density at radius 3 is 2.63 bits per heavy atom. The summed E-state index contributed by atoms with van der Waals surface area (Å²) < 4.78 is 17.9. The average molecular weight is 496 g/mol. The third-order valence-electron chi connectivity index (χ3n) is 4.47. The van der Waals surface area contributed by atoms with E-state index in [4.69, 9.17) is 30.6 Å². The molecule has 1 aromatic heterocycles. The Hall–Kier alpha value is -2.51. The third kappa shape index (κ3) is 4.79. The van der Waals surface area contributed by atoms with Gasteiger partial charge in [0, 0.05) is 11.5 Å². The topological polar surface area (TPSA) is 86.0 Å². The lowest BCUT2D eigenvalue weighted by atomic mass is 9.90. The van der Waals surface area contributed by atoms with Gasteiger partial charge in [0.2, 0.25) is 0 Å². The Morgan fingerprint density at radius 2 is 1.97 bits per heavy atom. The summed E-state index contributed by atoms with van der Waals surface area (Å²) in [6, 6.07) is 9.74. The lowest BCUT2D eigenvalue weighted by molar-refractivity contribution is -0.139. The van der Waals surface area contributed by atoms with Crippen LogP contribution in [0.25, 0.3) is 22.3 Å². The molecule has 8 heteroatoms. The number of hydrogen-bond acceptors (Lipinski definition) is 5. The predicted molar refractivity (Wildman–Crippen MR) is 119 cm³/mol. The van der Waals surface area contributed by atoms with Crippen molar-refractivity contribution >= 4 is 44.5 Å². The molecule has 0 saturated heterocycles. The van der Waals surface area contributed by atoms with Crippen LogP contribution < -0.4 is 14.9 Å². The number of halogens is 2. The molecule has 3 aromatic rings. The van der Waals surface area contributed by atoms with Crippen molar-refractivity contribution in [1.82, 2.24) is 0 Å². The minimum absolute atomic E-state index is 0.0360. The zero-order valence-corrected chi connectivity index (χ0v) is 19.0. The van der Waals surface area contributed by atoms with E-state index in [1.807, 2.05) is 13.8 Å². The van der Waals surface area contributed by atoms with Gasteiger partial charge in [0.15, 0.2) is 11.0 Å². The first-order valence-electron chi connectivity index (χ1n) is 9.06. The molecule has 6 nitrogen and oxygen atoms in total. The number of rotatable bonds is 7. The first-order valence-corrected chi connectivity index (χ1v) is 10.2. The van der Waals surface area contributed by atoms with Crippen molar-refractivity contribution in [1.29, 1.82) is 0 Å². The Morgan fingerprint density at radius 1 is 1.23 bits per heavy atom. The van der Waals surface area contributed by atoms with Gasteiger partial charge in [-0.25, -0.2) is 0 Å². The second-order valence-electron chi connectivity index (χ2n) is 7.60. The van der Waals surface area contributed by atoms with E-state index in [1.165, 1.54) is 13.2 Å². The van der Waals surface area contributed by atoms with Crippen LogP contribution in [0.15, 0.2) is 50.1 Å². The summed E-state index contributed by atoms with van der Waals surface area (Å²) >= 11 is 9.66. The molecule has 0 fully saturated rings. The molecule has 0 atom stereocenters. The maximum absolute atomic E-state index is 12.6. The molecule has 158 valence electrons. The van der Waals surface area contributed by atoms with Crippen molar-refractivity contribution in [2.24, 2.45) is 5.41 Å². The monoisotopic (exact) mass is 494 g/mol. The normalized spacial score (nSPS) is 11.5. The van der Waals surface area contributed by atoms with Crippen LogP contribution >= 0.6 is 27.5 Å². The van der Waals surface area contributed by atoms with Gasteiger partial charge >= 0.3 is 5.97 Å². The maximum atomic E-state index is 12.6. The molecule has 0 amide bonds. The Balaban J connectivity index is 2.06. The fourth-order valence-electron chi connectivity index (χ4n) is 3.02. The van der Waals surface area contributed by atoms with Crippen molar-refractivity contribution in [3.63, 3.8) is 0 Å². The molecular formula is C22H20BrClO6. The molecule has 0 unspecified atom stereocenters. The van der Waals surface area contributed by atoms with Crippen LogP contribution in [0.3, 0.4) is 0 Å². The van der Waals surface area contributed by atoms with Crippen molar-refractivity contribution < 1.29 is 23.8 Å². The Labute approximate surface area is 186 Å². The third-order valence-corrected chi connectivity index (χ3v) is 5.39. The van der Waals surface area contributed by atoms with Crippen molar-refractivity contribution in [2.45, 2.75) is 20.3 Å². The van der Waals surface area contributed by atoms with Crippen molar-refractivity contribution in [2.75, 3.05) is 13.7 Å². The fourth-order valence-corrected chi connectivity index (χ4v) is 3.67. The van der Waals surface area contributed by atoms with E-state index >= 15 is 0 Å². The molecule has 0 aliphatic heterocycles. The quantitative estimate of drug-likeness (QED) is 0.448. The highest BCUT2D eigenvalue weighted by molar-refractivity contribution is 9.10. The Bertz CT molecular complexity index is 1170. The van der Waals surface area contributed by atoms with Gasteiger partial charge in [-0.3, -0.25) is 9.59 Å². The van der Waals surface area contributed by atoms with E-state index in [2.05, 4.69) is 15.9 Å². The summed E-state index contributed by atoms with van der Waals surface area (Å²) in [6.07, 6.45) is -0.0360. The van der Waals surface area contributed by atoms with E-state index in [0.717, 1.165) is 0 Å². The second kappa shape index (κ2) is 8.70. The second-order valence-corrected chi connectivity index (χ2v) is 8.86. The SMILES string of the molecule is COc1cc(Br)c(OCC(C)(C)CC(=O)O)cc1-c1cc(=O)c2cccc(Cl)c2o1. The van der Waals surface area contributed by atoms with Gasteiger partial charge in [-0.2, -0.15) is 0 Å². The van der Waals surface area contributed by atoms with E-state index in [-0.39, 0.29) is 29.8 Å². The van der Waals surface area contributed by atoms with Gasteiger partial charge in [0.25, 0.3) is 0 Å². The first kappa shape index (κ1) is 22.2. The molecule has 1 N–H and O–H groups in total. The number of ether oxygens (including phenoxy) is 2. The summed E-state index contributed by atoms with van der Waals surface area (Å²) in [5.41, 5.74) is -0.0138. The fraction of sp³-hybridized carbons (Fsp3) is 0.273. The highest BCUT2D eigenvalue weighted by Crippen LogP contribution is 2.40. The standard InChI is InChI=1S/C22H20BrClO6/c1-22(2,10-20(26)27)11-29-19-7-13(17(28-3)8-14(19)23)18-9-16(25)12-5-4-6-15(24)21(12)30-18/h4-9H,10-11H2,1-3H3,(H,26,27). The number of carboxylic acids is 1. The minimum Gasteiger partial charge on any atom is -0.496 e. The molecule has 0 saturated carbocycles. The summed E-state index contributed by atoms with van der Waals surface area (Å²) in [5.74, 6) is 0.312. The number of carbonyl (C=O) groups is 1. The van der Waals surface area contributed by atoms with Gasteiger partial charge in [-0.05, 0) is 40.2 Å². The number of methoxy groups -OCH3 is 1. The number of hydrogen-bond donors (Lipinski definition) is 1. The summed E-state index contributed by atoms with van der Waals surface area (Å²) in [4.78, 5) is 23.6. The first-order chi connectivity index (χ1) is 14.1. The van der Waals surface area contributed by atoms with E-state index < -0.39 is 11.4 Å². The average Bonchev–Trinajstić information content (AvgIpc) is 2.66. The largest absolute Gasteiger partial charge is 0.496 e.